The molecule has 0 atom stereocenters. The first-order chi connectivity index (χ1) is 17.3. The minimum absolute atomic E-state index is 0.102. The summed E-state index contributed by atoms with van der Waals surface area (Å²) in [6.07, 6.45) is 0. The third-order valence-electron chi connectivity index (χ3n) is 5.82. The van der Waals surface area contributed by atoms with Gasteiger partial charge in [-0.2, -0.15) is 5.10 Å². The molecule has 4 aromatic rings. The number of rotatable bonds is 7. The Bertz CT molecular complexity index is 1500. The molecule has 0 radical (unpaired) electrons. The minimum Gasteiger partial charge on any atom is -0.339 e. The van der Waals surface area contributed by atoms with Gasteiger partial charge in [-0.1, -0.05) is 18.2 Å². The second kappa shape index (κ2) is 10.5. The fourth-order valence-electron chi connectivity index (χ4n) is 3.93. The Morgan fingerprint density at radius 1 is 0.917 bits per heavy atom. The number of hydrogen-bond donors (Lipinski definition) is 1. The first kappa shape index (κ1) is 24.7. The molecule has 4 rings (SSSR count). The van der Waals surface area contributed by atoms with E-state index in [-0.39, 0.29) is 17.2 Å². The van der Waals surface area contributed by atoms with E-state index >= 15 is 0 Å². The van der Waals surface area contributed by atoms with Crippen LogP contribution in [0.4, 0.5) is 14.5 Å². The first-order valence-electron chi connectivity index (χ1n) is 11.5. The highest BCUT2D eigenvalue weighted by Crippen LogP contribution is 2.26. The van der Waals surface area contributed by atoms with Gasteiger partial charge in [-0.05, 0) is 62.4 Å². The van der Waals surface area contributed by atoms with Crippen molar-refractivity contribution in [3.63, 3.8) is 0 Å². The number of nitrogens with zero attached hydrogens (tertiary/aromatic N) is 3. The summed E-state index contributed by atoms with van der Waals surface area (Å²) in [7, 11) is 0. The predicted molar refractivity (Wildman–Crippen MR) is 134 cm³/mol. The van der Waals surface area contributed by atoms with Crippen molar-refractivity contribution in [3.8, 4) is 11.3 Å². The van der Waals surface area contributed by atoms with E-state index in [1.165, 1.54) is 6.07 Å². The summed E-state index contributed by atoms with van der Waals surface area (Å²) in [4.78, 5) is 39.9. The summed E-state index contributed by atoms with van der Waals surface area (Å²) in [6, 6.07) is 16.4. The van der Waals surface area contributed by atoms with Gasteiger partial charge in [-0.3, -0.25) is 14.4 Å². The van der Waals surface area contributed by atoms with Gasteiger partial charge in [0.1, 0.15) is 6.54 Å². The maximum atomic E-state index is 13.9. The molecule has 0 spiro atoms. The lowest BCUT2D eigenvalue weighted by Crippen LogP contribution is -2.31. The zero-order valence-electron chi connectivity index (χ0n) is 19.8. The molecule has 0 aliphatic heterocycles. The normalized spacial score (nSPS) is 10.9. The summed E-state index contributed by atoms with van der Waals surface area (Å²) < 4.78 is 28.4. The molecule has 0 unspecified atom stereocenters. The topological polar surface area (TPSA) is 84.3 Å². The number of benzene rings is 3. The van der Waals surface area contributed by atoms with E-state index in [0.717, 1.165) is 16.8 Å². The predicted octanol–water partition coefficient (Wildman–Crippen LogP) is 4.46. The van der Waals surface area contributed by atoms with E-state index in [9.17, 15) is 23.2 Å². The van der Waals surface area contributed by atoms with Gasteiger partial charge >= 0.3 is 0 Å². The summed E-state index contributed by atoms with van der Waals surface area (Å²) in [5.41, 5.74) is 0.974. The van der Waals surface area contributed by atoms with E-state index in [0.29, 0.717) is 35.1 Å². The van der Waals surface area contributed by atoms with Crippen LogP contribution in [0.25, 0.3) is 22.0 Å². The van der Waals surface area contributed by atoms with Crippen molar-refractivity contribution in [1.29, 1.82) is 0 Å². The largest absolute Gasteiger partial charge is 0.339 e. The van der Waals surface area contributed by atoms with Crippen LogP contribution in [-0.4, -0.2) is 39.6 Å². The quantitative estimate of drug-likeness (QED) is 0.415. The summed E-state index contributed by atoms with van der Waals surface area (Å²) >= 11 is 0. The van der Waals surface area contributed by atoms with Gasteiger partial charge in [0.15, 0.2) is 11.6 Å². The lowest BCUT2D eigenvalue weighted by Gasteiger charge is -2.18. The van der Waals surface area contributed by atoms with Gasteiger partial charge in [0, 0.05) is 35.3 Å². The first-order valence-corrected chi connectivity index (χ1v) is 11.5. The maximum Gasteiger partial charge on any atom is 0.275 e. The Balaban J connectivity index is 1.60. The van der Waals surface area contributed by atoms with Crippen molar-refractivity contribution >= 4 is 28.3 Å². The summed E-state index contributed by atoms with van der Waals surface area (Å²) in [5.74, 6) is -2.66. The van der Waals surface area contributed by atoms with E-state index in [4.69, 9.17) is 0 Å². The van der Waals surface area contributed by atoms with Crippen LogP contribution in [0.3, 0.4) is 0 Å². The average Bonchev–Trinajstić information content (AvgIpc) is 2.88. The standard InChI is InChI=1S/C27H24F2N4O3/c1-3-32(4-2)26(35)17-9-12-19(13-10-17)30-24(34)16-33-27(36)21-8-6-5-7-20(21)25(31-33)18-11-14-22(28)23(29)15-18/h5-15H,3-4,16H2,1-2H3,(H,30,34). The molecule has 2 amide bonds. The zero-order chi connectivity index (χ0) is 25.8. The fraction of sp³-hybridized carbons (Fsp3) is 0.185. The molecule has 3 aromatic carbocycles. The molecular formula is C27H24F2N4O3. The molecule has 1 N–H and O–H groups in total. The number of nitrogens with one attached hydrogen (secondary N) is 1. The third kappa shape index (κ3) is 5.00. The molecule has 7 nitrogen and oxygen atoms in total. The van der Waals surface area contributed by atoms with Crippen molar-refractivity contribution in [2.24, 2.45) is 0 Å². The average molecular weight is 491 g/mol. The van der Waals surface area contributed by atoms with Crippen LogP contribution in [-0.2, 0) is 11.3 Å². The Morgan fingerprint density at radius 2 is 1.58 bits per heavy atom. The molecule has 0 aliphatic rings. The number of halogens is 2. The van der Waals surface area contributed by atoms with Crippen molar-refractivity contribution in [3.05, 3.63) is 94.3 Å². The van der Waals surface area contributed by atoms with Gasteiger partial charge < -0.3 is 10.2 Å². The second-order valence-electron chi connectivity index (χ2n) is 8.09. The van der Waals surface area contributed by atoms with Crippen LogP contribution in [0.15, 0.2) is 71.5 Å². The zero-order valence-corrected chi connectivity index (χ0v) is 19.8. The monoisotopic (exact) mass is 490 g/mol. The molecule has 184 valence electrons. The van der Waals surface area contributed by atoms with Crippen LogP contribution >= 0.6 is 0 Å². The fourth-order valence-corrected chi connectivity index (χ4v) is 3.93. The minimum atomic E-state index is -1.04. The van der Waals surface area contributed by atoms with E-state index in [1.54, 1.807) is 53.4 Å². The number of carbonyl (C=O) groups is 2. The van der Waals surface area contributed by atoms with Gasteiger partial charge in [-0.15, -0.1) is 0 Å². The van der Waals surface area contributed by atoms with Crippen LogP contribution in [0.1, 0.15) is 24.2 Å². The highest BCUT2D eigenvalue weighted by atomic mass is 19.2. The van der Waals surface area contributed by atoms with Crippen LogP contribution in [0.2, 0.25) is 0 Å². The third-order valence-corrected chi connectivity index (χ3v) is 5.82. The highest BCUT2D eigenvalue weighted by Gasteiger charge is 2.16. The molecule has 0 saturated carbocycles. The van der Waals surface area contributed by atoms with Crippen molar-refractivity contribution in [1.82, 2.24) is 14.7 Å². The number of carbonyl (C=O) groups excluding carboxylic acids is 2. The molecule has 0 bridgehead atoms. The van der Waals surface area contributed by atoms with Gasteiger partial charge in [-0.25, -0.2) is 13.5 Å². The molecule has 1 heterocycles. The van der Waals surface area contributed by atoms with Crippen molar-refractivity contribution < 1.29 is 18.4 Å². The Kier molecular flexibility index (Phi) is 7.19. The smallest absolute Gasteiger partial charge is 0.275 e. The lowest BCUT2D eigenvalue weighted by atomic mass is 10.0. The summed E-state index contributed by atoms with van der Waals surface area (Å²) in [6.45, 7) is 4.58. The van der Waals surface area contributed by atoms with Gasteiger partial charge in [0.25, 0.3) is 11.5 Å². The molecule has 0 fully saturated rings. The molecule has 0 aliphatic carbocycles. The Labute approximate surface area is 206 Å². The Hall–Kier alpha value is -4.40. The molecular weight excluding hydrogens is 466 g/mol. The summed E-state index contributed by atoms with van der Waals surface area (Å²) in [5, 5.41) is 7.74. The van der Waals surface area contributed by atoms with Crippen LogP contribution in [0.5, 0.6) is 0 Å². The van der Waals surface area contributed by atoms with Gasteiger partial charge in [0.2, 0.25) is 5.91 Å². The van der Waals surface area contributed by atoms with Crippen LogP contribution < -0.4 is 10.9 Å². The second-order valence-corrected chi connectivity index (χ2v) is 8.09. The van der Waals surface area contributed by atoms with E-state index < -0.39 is 29.6 Å². The van der Waals surface area contributed by atoms with Crippen molar-refractivity contribution in [2.75, 3.05) is 18.4 Å². The maximum absolute atomic E-state index is 13.9. The highest BCUT2D eigenvalue weighted by molar-refractivity contribution is 5.96. The molecule has 9 heteroatoms. The van der Waals surface area contributed by atoms with Crippen LogP contribution in [0, 0.1) is 11.6 Å². The van der Waals surface area contributed by atoms with E-state index in [2.05, 4.69) is 10.4 Å². The van der Waals surface area contributed by atoms with Gasteiger partial charge in [0.05, 0.1) is 11.1 Å². The number of amides is 2. The Morgan fingerprint density at radius 3 is 2.22 bits per heavy atom. The number of anilines is 1. The molecule has 36 heavy (non-hydrogen) atoms. The number of aromatic nitrogens is 2. The van der Waals surface area contributed by atoms with Crippen molar-refractivity contribution in [2.45, 2.75) is 20.4 Å². The molecule has 1 aromatic heterocycles. The molecule has 0 saturated heterocycles. The lowest BCUT2D eigenvalue weighted by molar-refractivity contribution is -0.117. The SMILES string of the molecule is CCN(CC)C(=O)c1ccc(NC(=O)Cn2nc(-c3ccc(F)c(F)c3)c3ccccc3c2=O)cc1. The number of hydrogen-bond acceptors (Lipinski definition) is 4. The van der Waals surface area contributed by atoms with E-state index in [1.807, 2.05) is 13.8 Å². The number of fused-ring (bicyclic) bond motifs is 1.